The predicted octanol–water partition coefficient (Wildman–Crippen LogP) is 3.18. The molecule has 1 heterocycles. The van der Waals surface area contributed by atoms with Crippen LogP contribution in [0.15, 0.2) is 42.5 Å². The molecule has 6 nitrogen and oxygen atoms in total. The molecule has 1 aliphatic rings. The Labute approximate surface area is 153 Å². The van der Waals surface area contributed by atoms with Crippen molar-refractivity contribution in [1.82, 2.24) is 0 Å². The van der Waals surface area contributed by atoms with Gasteiger partial charge in [0, 0.05) is 37.6 Å². The molecule has 1 N–H and O–H groups in total. The van der Waals surface area contributed by atoms with Gasteiger partial charge in [-0.25, -0.2) is 0 Å². The molecule has 1 atom stereocenters. The quantitative estimate of drug-likeness (QED) is 0.861. The lowest BCUT2D eigenvalue weighted by molar-refractivity contribution is 0.102. The van der Waals surface area contributed by atoms with Crippen LogP contribution in [0.5, 0.6) is 11.5 Å². The summed E-state index contributed by atoms with van der Waals surface area (Å²) >= 11 is 0. The first kappa shape index (κ1) is 18.1. The van der Waals surface area contributed by atoms with Gasteiger partial charge in [-0.3, -0.25) is 4.79 Å². The van der Waals surface area contributed by atoms with E-state index in [1.807, 2.05) is 24.3 Å². The third-order valence-corrected chi connectivity index (χ3v) is 4.62. The molecule has 0 unspecified atom stereocenters. The van der Waals surface area contributed by atoms with Gasteiger partial charge in [0.05, 0.1) is 25.9 Å². The molecule has 1 amide bonds. The molecule has 0 aromatic heterocycles. The average molecular weight is 356 g/mol. The molecule has 0 radical (unpaired) electrons. The van der Waals surface area contributed by atoms with Gasteiger partial charge in [-0.1, -0.05) is 0 Å². The molecule has 0 aliphatic carbocycles. The summed E-state index contributed by atoms with van der Waals surface area (Å²) in [7, 11) is 4.86. The summed E-state index contributed by atoms with van der Waals surface area (Å²) in [6.07, 6.45) is 1.32. The standard InChI is InChI=1S/C20H24N2O4/c1-24-16-8-9-18(19(12-16)26-3)20(23)21-14-4-6-15(7-5-14)22-11-10-17(13-22)25-2/h4-9,12,17H,10-11,13H2,1-3H3,(H,21,23)/t17-/m1/s1. The number of benzene rings is 2. The van der Waals surface area contributed by atoms with E-state index in [2.05, 4.69) is 10.2 Å². The first-order chi connectivity index (χ1) is 12.6. The molecular weight excluding hydrogens is 332 g/mol. The fourth-order valence-electron chi connectivity index (χ4n) is 3.10. The zero-order chi connectivity index (χ0) is 18.5. The Bertz CT molecular complexity index is 761. The second-order valence-corrected chi connectivity index (χ2v) is 6.16. The highest BCUT2D eigenvalue weighted by Gasteiger charge is 2.22. The lowest BCUT2D eigenvalue weighted by Crippen LogP contribution is -2.22. The Kier molecular flexibility index (Phi) is 5.63. The van der Waals surface area contributed by atoms with E-state index in [1.165, 1.54) is 7.11 Å². The van der Waals surface area contributed by atoms with Gasteiger partial charge >= 0.3 is 0 Å². The van der Waals surface area contributed by atoms with E-state index in [0.29, 0.717) is 17.1 Å². The smallest absolute Gasteiger partial charge is 0.259 e. The molecular formula is C20H24N2O4. The topological polar surface area (TPSA) is 60.0 Å². The molecule has 0 spiro atoms. The summed E-state index contributed by atoms with van der Waals surface area (Å²) in [6, 6.07) is 13.0. The summed E-state index contributed by atoms with van der Waals surface area (Å²) in [6.45, 7) is 1.87. The van der Waals surface area contributed by atoms with Crippen LogP contribution in [0.2, 0.25) is 0 Å². The number of hydrogen-bond acceptors (Lipinski definition) is 5. The summed E-state index contributed by atoms with van der Waals surface area (Å²) < 4.78 is 15.9. The van der Waals surface area contributed by atoms with E-state index < -0.39 is 0 Å². The van der Waals surface area contributed by atoms with Gasteiger partial charge in [0.2, 0.25) is 0 Å². The normalized spacial score (nSPS) is 16.4. The Hall–Kier alpha value is -2.73. The van der Waals surface area contributed by atoms with Crippen molar-refractivity contribution in [3.8, 4) is 11.5 Å². The van der Waals surface area contributed by atoms with Gasteiger partial charge in [-0.05, 0) is 42.8 Å². The minimum atomic E-state index is -0.224. The van der Waals surface area contributed by atoms with Crippen molar-refractivity contribution in [3.05, 3.63) is 48.0 Å². The van der Waals surface area contributed by atoms with Crippen LogP contribution in [-0.2, 0) is 4.74 Å². The van der Waals surface area contributed by atoms with Crippen molar-refractivity contribution in [2.75, 3.05) is 44.6 Å². The van der Waals surface area contributed by atoms with Crippen LogP contribution in [0.1, 0.15) is 16.8 Å². The molecule has 6 heteroatoms. The van der Waals surface area contributed by atoms with Crippen LogP contribution in [-0.4, -0.2) is 46.4 Å². The molecule has 138 valence electrons. The number of ether oxygens (including phenoxy) is 3. The number of amides is 1. The largest absolute Gasteiger partial charge is 0.497 e. The second-order valence-electron chi connectivity index (χ2n) is 6.16. The van der Waals surface area contributed by atoms with Crippen molar-refractivity contribution in [2.45, 2.75) is 12.5 Å². The van der Waals surface area contributed by atoms with E-state index >= 15 is 0 Å². The fraction of sp³-hybridized carbons (Fsp3) is 0.350. The van der Waals surface area contributed by atoms with Gasteiger partial charge in [0.15, 0.2) is 0 Å². The van der Waals surface area contributed by atoms with Crippen LogP contribution < -0.4 is 19.7 Å². The van der Waals surface area contributed by atoms with Crippen molar-refractivity contribution in [3.63, 3.8) is 0 Å². The highest BCUT2D eigenvalue weighted by atomic mass is 16.5. The van der Waals surface area contributed by atoms with Crippen molar-refractivity contribution in [2.24, 2.45) is 0 Å². The van der Waals surface area contributed by atoms with E-state index in [1.54, 1.807) is 32.4 Å². The van der Waals surface area contributed by atoms with Crippen molar-refractivity contribution < 1.29 is 19.0 Å². The Morgan fingerprint density at radius 3 is 2.46 bits per heavy atom. The first-order valence-electron chi connectivity index (χ1n) is 8.55. The van der Waals surface area contributed by atoms with Crippen LogP contribution in [0, 0.1) is 0 Å². The monoisotopic (exact) mass is 356 g/mol. The predicted molar refractivity (Wildman–Crippen MR) is 102 cm³/mol. The minimum absolute atomic E-state index is 0.224. The molecule has 0 bridgehead atoms. The number of methoxy groups -OCH3 is 3. The number of nitrogens with one attached hydrogen (secondary N) is 1. The van der Waals surface area contributed by atoms with Gasteiger partial charge in [-0.2, -0.15) is 0 Å². The van der Waals surface area contributed by atoms with Gasteiger partial charge in [0.1, 0.15) is 11.5 Å². The molecule has 0 saturated carbocycles. The van der Waals surface area contributed by atoms with Gasteiger partial charge < -0.3 is 24.4 Å². The lowest BCUT2D eigenvalue weighted by Gasteiger charge is -2.18. The van der Waals surface area contributed by atoms with Crippen molar-refractivity contribution >= 4 is 17.3 Å². The zero-order valence-electron chi connectivity index (χ0n) is 15.3. The summed E-state index contributed by atoms with van der Waals surface area (Å²) in [5.41, 5.74) is 2.32. The van der Waals surface area contributed by atoms with Crippen LogP contribution in [0.25, 0.3) is 0 Å². The Balaban J connectivity index is 1.68. The maximum atomic E-state index is 12.6. The number of hydrogen-bond donors (Lipinski definition) is 1. The van der Waals surface area contributed by atoms with Gasteiger partial charge in [-0.15, -0.1) is 0 Å². The third-order valence-electron chi connectivity index (χ3n) is 4.62. The first-order valence-corrected chi connectivity index (χ1v) is 8.55. The van der Waals surface area contributed by atoms with Crippen LogP contribution >= 0.6 is 0 Å². The minimum Gasteiger partial charge on any atom is -0.497 e. The highest BCUT2D eigenvalue weighted by molar-refractivity contribution is 6.06. The number of carbonyl (C=O) groups excluding carboxylic acids is 1. The maximum Gasteiger partial charge on any atom is 0.259 e. The van der Waals surface area contributed by atoms with E-state index in [4.69, 9.17) is 14.2 Å². The lowest BCUT2D eigenvalue weighted by atomic mass is 10.1. The van der Waals surface area contributed by atoms with E-state index in [-0.39, 0.29) is 12.0 Å². The van der Waals surface area contributed by atoms with Crippen LogP contribution in [0.3, 0.4) is 0 Å². The Morgan fingerprint density at radius 1 is 1.08 bits per heavy atom. The zero-order valence-corrected chi connectivity index (χ0v) is 15.3. The van der Waals surface area contributed by atoms with Gasteiger partial charge in [0.25, 0.3) is 5.91 Å². The molecule has 1 aliphatic heterocycles. The molecule has 2 aromatic carbocycles. The molecule has 26 heavy (non-hydrogen) atoms. The SMILES string of the molecule is COc1ccc(C(=O)Nc2ccc(N3CC[C@@H](OC)C3)cc2)c(OC)c1. The fourth-order valence-corrected chi connectivity index (χ4v) is 3.10. The second kappa shape index (κ2) is 8.10. The Morgan fingerprint density at radius 2 is 1.85 bits per heavy atom. The van der Waals surface area contributed by atoms with E-state index in [0.717, 1.165) is 30.9 Å². The van der Waals surface area contributed by atoms with E-state index in [9.17, 15) is 4.79 Å². The summed E-state index contributed by atoms with van der Waals surface area (Å²) in [5.74, 6) is 0.891. The van der Waals surface area contributed by atoms with Crippen LogP contribution in [0.4, 0.5) is 11.4 Å². The molecule has 2 aromatic rings. The number of rotatable bonds is 6. The number of nitrogens with zero attached hydrogens (tertiary/aromatic N) is 1. The molecule has 3 rings (SSSR count). The summed E-state index contributed by atoms with van der Waals surface area (Å²) in [4.78, 5) is 14.8. The molecule has 1 saturated heterocycles. The summed E-state index contributed by atoms with van der Waals surface area (Å²) in [5, 5.41) is 2.91. The average Bonchev–Trinajstić information content (AvgIpc) is 3.17. The highest BCUT2D eigenvalue weighted by Crippen LogP contribution is 2.27. The van der Waals surface area contributed by atoms with Crippen molar-refractivity contribution in [1.29, 1.82) is 0 Å². The number of anilines is 2. The third kappa shape index (κ3) is 3.91. The molecule has 1 fully saturated rings. The maximum absolute atomic E-state index is 12.6. The number of carbonyl (C=O) groups is 1.